The van der Waals surface area contributed by atoms with Gasteiger partial charge in [0.05, 0.1) is 18.3 Å². The number of aliphatic carboxylic acids is 2. The van der Waals surface area contributed by atoms with Gasteiger partial charge in [-0.3, -0.25) is 28.8 Å². The van der Waals surface area contributed by atoms with Crippen LogP contribution >= 0.6 is 25.3 Å². The van der Waals surface area contributed by atoms with E-state index in [1.54, 1.807) is 0 Å². The van der Waals surface area contributed by atoms with Crippen LogP contribution in [0.25, 0.3) is 0 Å². The molecule has 0 saturated carbocycles. The van der Waals surface area contributed by atoms with Gasteiger partial charge >= 0.3 is 11.9 Å². The first-order valence-corrected chi connectivity index (χ1v) is 10.4. The fourth-order valence-electron chi connectivity index (χ4n) is 1.86. The Bertz CT molecular complexity index is 613. The van der Waals surface area contributed by atoms with Crippen molar-refractivity contribution in [3.8, 4) is 0 Å². The Morgan fingerprint density at radius 2 is 1.23 bits per heavy atom. The normalized spacial score (nSPS) is 11.9. The number of carbonyl (C=O) groups is 6. The molecule has 12 heteroatoms. The van der Waals surface area contributed by atoms with Crippen LogP contribution in [-0.4, -0.2) is 70.1 Å². The number of hydrogen-bond acceptors (Lipinski definition) is 8. The van der Waals surface area contributed by atoms with E-state index in [2.05, 4.69) is 35.9 Å². The number of ketones is 2. The maximum Gasteiger partial charge on any atom is 0.307 e. The van der Waals surface area contributed by atoms with E-state index in [0.29, 0.717) is 0 Å². The molecule has 0 aromatic carbocycles. The molecule has 0 fully saturated rings. The fraction of sp³-hybridized carbons (Fsp3) is 0.667. The van der Waals surface area contributed by atoms with E-state index >= 15 is 0 Å². The largest absolute Gasteiger partial charge is 0.481 e. The number of amides is 2. The Labute approximate surface area is 186 Å². The molecule has 2 atom stereocenters. The highest BCUT2D eigenvalue weighted by molar-refractivity contribution is 7.80. The monoisotopic (exact) mass is 466 g/mol. The third-order valence-corrected chi connectivity index (χ3v) is 4.47. The number of thiol groups is 2. The van der Waals surface area contributed by atoms with E-state index in [1.807, 2.05) is 0 Å². The zero-order valence-electron chi connectivity index (χ0n) is 17.0. The minimum atomic E-state index is -1.04. The van der Waals surface area contributed by atoms with E-state index in [4.69, 9.17) is 10.2 Å². The second-order valence-electron chi connectivity index (χ2n) is 6.44. The van der Waals surface area contributed by atoms with Crippen LogP contribution in [0.15, 0.2) is 0 Å². The SMILES string of the molecule is CC(=O)CCNC(=O)C(CS)CC(=O)O.CC(=O)CCNC(=O)CC(CS)C(=O)O. The van der Waals surface area contributed by atoms with Crippen LogP contribution in [0.4, 0.5) is 0 Å². The van der Waals surface area contributed by atoms with Crippen molar-refractivity contribution in [1.29, 1.82) is 0 Å². The molecule has 0 heterocycles. The third kappa shape index (κ3) is 18.0. The summed E-state index contributed by atoms with van der Waals surface area (Å²) in [6, 6.07) is 0. The van der Waals surface area contributed by atoms with E-state index in [1.165, 1.54) is 13.8 Å². The zero-order valence-corrected chi connectivity index (χ0v) is 18.8. The van der Waals surface area contributed by atoms with Crippen molar-refractivity contribution in [3.05, 3.63) is 0 Å². The van der Waals surface area contributed by atoms with Gasteiger partial charge in [-0.1, -0.05) is 0 Å². The molecule has 0 aliphatic carbocycles. The number of carboxylic acid groups (broad SMARTS) is 2. The van der Waals surface area contributed by atoms with Crippen molar-refractivity contribution in [2.24, 2.45) is 11.8 Å². The third-order valence-electron chi connectivity index (χ3n) is 3.59. The van der Waals surface area contributed by atoms with E-state index < -0.39 is 23.8 Å². The number of rotatable bonds is 14. The summed E-state index contributed by atoms with van der Waals surface area (Å²) >= 11 is 7.74. The molecular formula is C18H30N2O8S2. The van der Waals surface area contributed by atoms with Crippen LogP contribution in [0.1, 0.15) is 39.5 Å². The van der Waals surface area contributed by atoms with Gasteiger partial charge in [-0.2, -0.15) is 25.3 Å². The lowest BCUT2D eigenvalue weighted by atomic mass is 10.1. The van der Waals surface area contributed by atoms with E-state index in [0.717, 1.165) is 0 Å². The molecule has 0 radical (unpaired) electrons. The molecule has 172 valence electrons. The summed E-state index contributed by atoms with van der Waals surface area (Å²) < 4.78 is 0. The van der Waals surface area contributed by atoms with Crippen molar-refractivity contribution >= 4 is 60.6 Å². The maximum atomic E-state index is 11.4. The average Bonchev–Trinajstić information content (AvgIpc) is 2.63. The molecule has 0 aliphatic rings. The summed E-state index contributed by atoms with van der Waals surface area (Å²) in [7, 11) is 0. The average molecular weight is 467 g/mol. The Morgan fingerprint density at radius 1 is 0.767 bits per heavy atom. The molecule has 2 unspecified atom stereocenters. The second-order valence-corrected chi connectivity index (χ2v) is 7.17. The molecule has 0 aromatic rings. The predicted molar refractivity (Wildman–Crippen MR) is 116 cm³/mol. The van der Waals surface area contributed by atoms with Crippen LogP contribution < -0.4 is 10.6 Å². The minimum absolute atomic E-state index is 0.0146. The smallest absolute Gasteiger partial charge is 0.307 e. The predicted octanol–water partition coefficient (Wildman–Crippen LogP) is 0.205. The van der Waals surface area contributed by atoms with E-state index in [9.17, 15) is 28.8 Å². The van der Waals surface area contributed by atoms with Crippen LogP contribution in [0.5, 0.6) is 0 Å². The molecule has 0 aliphatic heterocycles. The lowest BCUT2D eigenvalue weighted by molar-refractivity contribution is -0.143. The summed E-state index contributed by atoms with van der Waals surface area (Å²) in [4.78, 5) is 64.6. The maximum absolute atomic E-state index is 11.4. The molecule has 0 saturated heterocycles. The van der Waals surface area contributed by atoms with Crippen molar-refractivity contribution < 1.29 is 39.0 Å². The molecule has 0 spiro atoms. The highest BCUT2D eigenvalue weighted by atomic mass is 32.1. The molecule has 30 heavy (non-hydrogen) atoms. The zero-order chi connectivity index (χ0) is 23.7. The Kier molecular flexibility index (Phi) is 17.8. The Hall–Kier alpha value is -2.08. The van der Waals surface area contributed by atoms with Gasteiger partial charge < -0.3 is 20.8 Å². The number of Topliss-reactive ketones (excluding diaryl/α,β-unsaturated/α-hetero) is 2. The van der Waals surface area contributed by atoms with Gasteiger partial charge in [-0.15, -0.1) is 0 Å². The van der Waals surface area contributed by atoms with Gasteiger partial charge in [-0.25, -0.2) is 0 Å². The Morgan fingerprint density at radius 3 is 1.60 bits per heavy atom. The Balaban J connectivity index is 0. The van der Waals surface area contributed by atoms with Crippen LogP contribution in [0.2, 0.25) is 0 Å². The topological polar surface area (TPSA) is 167 Å². The van der Waals surface area contributed by atoms with Crippen molar-refractivity contribution in [3.63, 3.8) is 0 Å². The summed E-state index contributed by atoms with van der Waals surface area (Å²) in [5, 5.41) is 22.1. The highest BCUT2D eigenvalue weighted by Crippen LogP contribution is 2.06. The highest BCUT2D eigenvalue weighted by Gasteiger charge is 2.20. The first-order chi connectivity index (χ1) is 13.9. The van der Waals surface area contributed by atoms with Gasteiger partial charge in [0, 0.05) is 43.9 Å². The van der Waals surface area contributed by atoms with Crippen LogP contribution in [0, 0.1) is 11.8 Å². The second kappa shape index (κ2) is 17.8. The lowest BCUT2D eigenvalue weighted by Crippen LogP contribution is -2.34. The summed E-state index contributed by atoms with van der Waals surface area (Å²) in [5.74, 6) is -3.94. The van der Waals surface area contributed by atoms with Crippen molar-refractivity contribution in [2.75, 3.05) is 24.6 Å². The lowest BCUT2D eigenvalue weighted by Gasteiger charge is -2.11. The molecule has 4 N–H and O–H groups in total. The van der Waals surface area contributed by atoms with Crippen LogP contribution in [-0.2, 0) is 28.8 Å². The van der Waals surface area contributed by atoms with Crippen LogP contribution in [0.3, 0.4) is 0 Å². The fourth-order valence-corrected chi connectivity index (χ4v) is 2.44. The first kappa shape index (κ1) is 30.1. The molecule has 0 rings (SSSR count). The quantitative estimate of drug-likeness (QED) is 0.197. The number of nitrogens with one attached hydrogen (secondary N) is 2. The minimum Gasteiger partial charge on any atom is -0.481 e. The molecule has 0 bridgehead atoms. The summed E-state index contributed by atoms with van der Waals surface area (Å²) in [5.41, 5.74) is 0. The van der Waals surface area contributed by atoms with Gasteiger partial charge in [-0.05, 0) is 13.8 Å². The first-order valence-electron chi connectivity index (χ1n) is 9.14. The molecular weight excluding hydrogens is 436 g/mol. The number of hydrogen-bond donors (Lipinski definition) is 6. The molecule has 10 nitrogen and oxygen atoms in total. The van der Waals surface area contributed by atoms with Gasteiger partial charge in [0.2, 0.25) is 11.8 Å². The van der Waals surface area contributed by atoms with Crippen molar-refractivity contribution in [1.82, 2.24) is 10.6 Å². The van der Waals surface area contributed by atoms with Gasteiger partial charge in [0.1, 0.15) is 11.6 Å². The molecule has 0 aromatic heterocycles. The summed E-state index contributed by atoms with van der Waals surface area (Å²) in [6.07, 6.45) is 0.189. The standard InChI is InChI=1S/2C9H15NO4S/c1-6(11)2-3-10-9(14)7(5-15)4-8(12)13;1-6(11)2-3-10-8(12)4-7(5-15)9(13)14/h7,15H,2-5H2,1H3,(H,10,14)(H,12,13);7,15H,2-5H2,1H3,(H,10,12)(H,13,14). The van der Waals surface area contributed by atoms with Gasteiger partial charge in [0.25, 0.3) is 0 Å². The van der Waals surface area contributed by atoms with E-state index in [-0.39, 0.29) is 73.7 Å². The number of carboxylic acids is 2. The van der Waals surface area contributed by atoms with Crippen molar-refractivity contribution in [2.45, 2.75) is 39.5 Å². The number of carbonyl (C=O) groups excluding carboxylic acids is 4. The van der Waals surface area contributed by atoms with Gasteiger partial charge in [0.15, 0.2) is 0 Å². The molecule has 2 amide bonds. The summed E-state index contributed by atoms with van der Waals surface area (Å²) in [6.45, 7) is 3.37.